The molecule has 1 saturated heterocycles. The van der Waals surface area contributed by atoms with Crippen LogP contribution in [0.4, 0.5) is 4.79 Å². The van der Waals surface area contributed by atoms with Crippen LogP contribution in [0.3, 0.4) is 0 Å². The van der Waals surface area contributed by atoms with Gasteiger partial charge in [0.2, 0.25) is 0 Å². The Morgan fingerprint density at radius 2 is 1.61 bits per heavy atom. The van der Waals surface area contributed by atoms with E-state index in [0.717, 1.165) is 45.2 Å². The monoisotopic (exact) mass is 377 g/mol. The van der Waals surface area contributed by atoms with Crippen molar-refractivity contribution in [3.05, 3.63) is 59.7 Å². The van der Waals surface area contributed by atoms with E-state index in [0.29, 0.717) is 6.61 Å². The number of rotatable bonds is 2. The zero-order chi connectivity index (χ0) is 19.1. The summed E-state index contributed by atoms with van der Waals surface area (Å²) >= 11 is 0. The topological polar surface area (TPSA) is 49.8 Å². The lowest BCUT2D eigenvalue weighted by atomic mass is 9.77. The summed E-state index contributed by atoms with van der Waals surface area (Å²) in [5.74, 6) is 0.109. The molecule has 0 radical (unpaired) electrons. The van der Waals surface area contributed by atoms with E-state index < -0.39 is 0 Å². The molecule has 4 heteroatoms. The average Bonchev–Trinajstić information content (AvgIpc) is 3.25. The maximum Gasteiger partial charge on any atom is 0.409 e. The van der Waals surface area contributed by atoms with Crippen molar-refractivity contribution >= 4 is 6.09 Å². The van der Waals surface area contributed by atoms with Crippen LogP contribution in [0.25, 0.3) is 11.1 Å². The van der Waals surface area contributed by atoms with Crippen LogP contribution in [0.2, 0.25) is 0 Å². The number of ether oxygens (including phenoxy) is 1. The van der Waals surface area contributed by atoms with Crippen LogP contribution in [-0.4, -0.2) is 41.9 Å². The molecule has 2 aliphatic carbocycles. The third kappa shape index (κ3) is 3.00. The molecule has 1 spiro atoms. The van der Waals surface area contributed by atoms with Crippen LogP contribution in [0.1, 0.15) is 49.1 Å². The Bertz CT molecular complexity index is 839. The average molecular weight is 377 g/mol. The molecule has 1 atom stereocenters. The molecule has 1 aliphatic heterocycles. The Labute approximate surface area is 166 Å². The second-order valence-corrected chi connectivity index (χ2v) is 8.69. The minimum atomic E-state index is -0.199. The summed E-state index contributed by atoms with van der Waals surface area (Å²) in [4.78, 5) is 14.6. The van der Waals surface area contributed by atoms with E-state index in [9.17, 15) is 9.90 Å². The summed E-state index contributed by atoms with van der Waals surface area (Å²) in [6, 6.07) is 16.8. The van der Waals surface area contributed by atoms with Crippen molar-refractivity contribution in [1.82, 2.24) is 4.90 Å². The number of amides is 1. The first kappa shape index (κ1) is 17.7. The highest BCUT2D eigenvalue weighted by Crippen LogP contribution is 2.47. The second-order valence-electron chi connectivity index (χ2n) is 8.69. The fraction of sp³-hybridized carbons (Fsp3) is 0.458. The maximum atomic E-state index is 12.7. The van der Waals surface area contributed by atoms with Gasteiger partial charge in [0.15, 0.2) is 0 Å². The van der Waals surface area contributed by atoms with Gasteiger partial charge >= 0.3 is 6.09 Å². The number of aliphatic hydroxyl groups is 1. The van der Waals surface area contributed by atoms with Crippen LogP contribution >= 0.6 is 0 Å². The molecule has 4 nitrogen and oxygen atoms in total. The van der Waals surface area contributed by atoms with Crippen LogP contribution in [0.5, 0.6) is 0 Å². The first-order chi connectivity index (χ1) is 13.7. The highest BCUT2D eigenvalue weighted by molar-refractivity contribution is 5.79. The molecule has 28 heavy (non-hydrogen) atoms. The van der Waals surface area contributed by atoms with Gasteiger partial charge in [0.1, 0.15) is 6.61 Å². The molecular formula is C24H27NO3. The number of benzene rings is 2. The molecule has 3 aliphatic rings. The third-order valence-electron chi connectivity index (χ3n) is 7.09. The van der Waals surface area contributed by atoms with Gasteiger partial charge in [-0.15, -0.1) is 0 Å². The number of carbonyl (C=O) groups is 1. The van der Waals surface area contributed by atoms with E-state index >= 15 is 0 Å². The molecule has 0 aromatic heterocycles. The predicted molar refractivity (Wildman–Crippen MR) is 108 cm³/mol. The molecule has 2 aromatic rings. The Morgan fingerprint density at radius 3 is 2.18 bits per heavy atom. The summed E-state index contributed by atoms with van der Waals surface area (Å²) in [7, 11) is 0. The molecule has 5 rings (SSSR count). The van der Waals surface area contributed by atoms with Crippen molar-refractivity contribution in [2.75, 3.05) is 19.7 Å². The van der Waals surface area contributed by atoms with Gasteiger partial charge in [0, 0.05) is 19.0 Å². The maximum absolute atomic E-state index is 12.7. The molecule has 2 fully saturated rings. The zero-order valence-corrected chi connectivity index (χ0v) is 16.1. The van der Waals surface area contributed by atoms with E-state index in [4.69, 9.17) is 4.74 Å². The molecule has 1 heterocycles. The van der Waals surface area contributed by atoms with E-state index in [1.807, 2.05) is 4.90 Å². The number of hydrogen-bond acceptors (Lipinski definition) is 3. The molecule has 1 saturated carbocycles. The number of carbonyl (C=O) groups excluding carboxylic acids is 1. The molecule has 2 aromatic carbocycles. The van der Waals surface area contributed by atoms with Crippen molar-refractivity contribution in [3.8, 4) is 11.1 Å². The number of piperidine rings is 1. The molecular weight excluding hydrogens is 350 g/mol. The Balaban J connectivity index is 1.24. The minimum Gasteiger partial charge on any atom is -0.448 e. The fourth-order valence-corrected chi connectivity index (χ4v) is 5.48. The lowest BCUT2D eigenvalue weighted by Gasteiger charge is -2.38. The van der Waals surface area contributed by atoms with Crippen molar-refractivity contribution in [1.29, 1.82) is 0 Å². The Hall–Kier alpha value is -2.33. The van der Waals surface area contributed by atoms with Crippen LogP contribution in [0, 0.1) is 5.41 Å². The van der Waals surface area contributed by atoms with Gasteiger partial charge in [-0.3, -0.25) is 0 Å². The third-order valence-corrected chi connectivity index (χ3v) is 7.09. The lowest BCUT2D eigenvalue weighted by Crippen LogP contribution is -2.43. The summed E-state index contributed by atoms with van der Waals surface area (Å²) in [5.41, 5.74) is 5.24. The zero-order valence-electron chi connectivity index (χ0n) is 16.1. The summed E-state index contributed by atoms with van der Waals surface area (Å²) in [6.45, 7) is 1.86. The molecule has 1 unspecified atom stereocenters. The minimum absolute atomic E-state index is 0.109. The van der Waals surface area contributed by atoms with Gasteiger partial charge in [-0.2, -0.15) is 0 Å². The van der Waals surface area contributed by atoms with Gasteiger partial charge < -0.3 is 14.7 Å². The smallest absolute Gasteiger partial charge is 0.409 e. The largest absolute Gasteiger partial charge is 0.448 e. The molecule has 1 N–H and O–H groups in total. The number of fused-ring (bicyclic) bond motifs is 3. The number of nitrogens with zero attached hydrogens (tertiary/aromatic N) is 1. The SMILES string of the molecule is O=C(OCC1c2ccccc2-c2ccccc21)N1CCC2(CCC(O)C2)CC1. The van der Waals surface area contributed by atoms with Crippen LogP contribution in [0.15, 0.2) is 48.5 Å². The molecule has 1 amide bonds. The second kappa shape index (κ2) is 6.93. The van der Waals surface area contributed by atoms with E-state index in [2.05, 4.69) is 48.5 Å². The van der Waals surface area contributed by atoms with E-state index in [1.165, 1.54) is 22.3 Å². The first-order valence-corrected chi connectivity index (χ1v) is 10.4. The highest BCUT2D eigenvalue weighted by atomic mass is 16.6. The van der Waals surface area contributed by atoms with E-state index in [1.54, 1.807) is 0 Å². The lowest BCUT2D eigenvalue weighted by molar-refractivity contribution is 0.0597. The number of aliphatic hydroxyl groups excluding tert-OH is 1. The highest BCUT2D eigenvalue weighted by Gasteiger charge is 2.42. The van der Waals surface area contributed by atoms with Gasteiger partial charge in [-0.05, 0) is 59.8 Å². The standard InChI is InChI=1S/C24H27NO3/c26-17-9-10-24(15-17)11-13-25(14-12-24)23(27)28-16-22-20-7-3-1-5-18(20)19-6-2-4-8-21(19)22/h1-8,17,22,26H,9-16H2. The normalized spacial score (nSPS) is 22.9. The van der Waals surface area contributed by atoms with Crippen molar-refractivity contribution in [2.24, 2.45) is 5.41 Å². The van der Waals surface area contributed by atoms with Gasteiger partial charge in [-0.25, -0.2) is 4.79 Å². The number of hydrogen-bond donors (Lipinski definition) is 1. The summed E-state index contributed by atoms with van der Waals surface area (Å²) < 4.78 is 5.79. The Kier molecular flexibility index (Phi) is 4.39. The van der Waals surface area contributed by atoms with Gasteiger partial charge in [0.05, 0.1) is 6.10 Å². The van der Waals surface area contributed by atoms with Gasteiger partial charge in [0.25, 0.3) is 0 Å². The van der Waals surface area contributed by atoms with Crippen molar-refractivity contribution in [2.45, 2.75) is 44.1 Å². The van der Waals surface area contributed by atoms with Crippen LogP contribution < -0.4 is 0 Å². The van der Waals surface area contributed by atoms with Gasteiger partial charge in [-0.1, -0.05) is 48.5 Å². The predicted octanol–water partition coefficient (Wildman–Crippen LogP) is 4.56. The quantitative estimate of drug-likeness (QED) is 0.834. The Morgan fingerprint density at radius 1 is 1.00 bits per heavy atom. The van der Waals surface area contributed by atoms with Crippen LogP contribution in [-0.2, 0) is 4.74 Å². The van der Waals surface area contributed by atoms with E-state index in [-0.39, 0.29) is 23.5 Å². The summed E-state index contributed by atoms with van der Waals surface area (Å²) in [6.07, 6.45) is 4.50. The molecule has 146 valence electrons. The first-order valence-electron chi connectivity index (χ1n) is 10.4. The fourth-order valence-electron chi connectivity index (χ4n) is 5.48. The van der Waals surface area contributed by atoms with Crippen molar-refractivity contribution in [3.63, 3.8) is 0 Å². The summed E-state index contributed by atoms with van der Waals surface area (Å²) in [5, 5.41) is 9.88. The van der Waals surface area contributed by atoms with Crippen molar-refractivity contribution < 1.29 is 14.6 Å². The molecule has 0 bridgehead atoms. The number of likely N-dealkylation sites (tertiary alicyclic amines) is 1.